The quantitative estimate of drug-likeness (QED) is 0.379. The van der Waals surface area contributed by atoms with Crippen LogP contribution in [0, 0.1) is 6.92 Å². The van der Waals surface area contributed by atoms with E-state index >= 15 is 0 Å². The zero-order valence-electron chi connectivity index (χ0n) is 19.4. The molecule has 5 rings (SSSR count). The largest absolute Gasteiger partial charge is 0.353 e. The molecule has 0 saturated carbocycles. The van der Waals surface area contributed by atoms with Gasteiger partial charge in [0.05, 0.1) is 17.0 Å². The first-order chi connectivity index (χ1) is 16.8. The molecule has 0 aliphatic carbocycles. The van der Waals surface area contributed by atoms with Gasteiger partial charge in [0.1, 0.15) is 15.8 Å². The number of pyridine rings is 1. The molecule has 0 bridgehead atoms. The molecule has 0 spiro atoms. The molecule has 0 unspecified atom stereocenters. The minimum Gasteiger partial charge on any atom is -0.353 e. The van der Waals surface area contributed by atoms with E-state index in [9.17, 15) is 9.59 Å². The number of nitrogens with zero attached hydrogens (tertiary/aromatic N) is 5. The van der Waals surface area contributed by atoms with E-state index in [2.05, 4.69) is 16.8 Å². The first-order valence-corrected chi connectivity index (χ1v) is 12.9. The molecule has 2 saturated heterocycles. The van der Waals surface area contributed by atoms with E-state index in [1.54, 1.807) is 22.7 Å². The number of hydrogen-bond acceptors (Lipinski definition) is 7. The first-order valence-electron chi connectivity index (χ1n) is 11.3. The Morgan fingerprint density at radius 2 is 1.86 bits per heavy atom. The summed E-state index contributed by atoms with van der Waals surface area (Å²) in [5.41, 5.74) is 2.54. The zero-order chi connectivity index (χ0) is 24.7. The number of amides is 1. The van der Waals surface area contributed by atoms with Gasteiger partial charge in [0.25, 0.3) is 11.5 Å². The fourth-order valence-electron chi connectivity index (χ4n) is 4.20. The van der Waals surface area contributed by atoms with Crippen molar-refractivity contribution in [1.29, 1.82) is 0 Å². The lowest BCUT2D eigenvalue weighted by molar-refractivity contribution is -0.122. The summed E-state index contributed by atoms with van der Waals surface area (Å²) in [6, 6.07) is 11.2. The van der Waals surface area contributed by atoms with E-state index in [1.807, 2.05) is 37.3 Å². The predicted molar refractivity (Wildman–Crippen MR) is 146 cm³/mol. The average molecular weight is 526 g/mol. The Balaban J connectivity index is 1.57. The SMILES string of the molecule is Cc1ccc2nc(N3CCN(C)CC3)c(/C=C3\SC(=S)N(Cc4ccccc4Cl)C3=O)c(=O)n2c1. The molecule has 2 aliphatic rings. The normalized spacial score (nSPS) is 18.3. The second kappa shape index (κ2) is 9.73. The fourth-order valence-corrected chi connectivity index (χ4v) is 5.63. The van der Waals surface area contributed by atoms with Crippen LogP contribution in [0.4, 0.5) is 5.82 Å². The van der Waals surface area contributed by atoms with Gasteiger partial charge in [0.2, 0.25) is 0 Å². The maximum Gasteiger partial charge on any atom is 0.267 e. The highest BCUT2D eigenvalue weighted by molar-refractivity contribution is 8.26. The summed E-state index contributed by atoms with van der Waals surface area (Å²) >= 11 is 13.0. The van der Waals surface area contributed by atoms with Gasteiger partial charge in [-0.25, -0.2) is 4.98 Å². The number of benzene rings is 1. The third-order valence-electron chi connectivity index (χ3n) is 6.22. The van der Waals surface area contributed by atoms with Gasteiger partial charge in [-0.3, -0.25) is 18.9 Å². The number of piperazine rings is 1. The number of carbonyl (C=O) groups is 1. The van der Waals surface area contributed by atoms with E-state index in [0.717, 1.165) is 37.3 Å². The molecule has 2 aliphatic heterocycles. The van der Waals surface area contributed by atoms with Crippen LogP contribution in [0.5, 0.6) is 0 Å². The number of aryl methyl sites for hydroxylation is 1. The highest BCUT2D eigenvalue weighted by Gasteiger charge is 2.33. The highest BCUT2D eigenvalue weighted by Crippen LogP contribution is 2.35. The zero-order valence-corrected chi connectivity index (χ0v) is 21.8. The van der Waals surface area contributed by atoms with Crippen LogP contribution in [-0.4, -0.2) is 62.6 Å². The number of carbonyl (C=O) groups excluding carboxylic acids is 1. The Hall–Kier alpha value is -2.72. The van der Waals surface area contributed by atoms with Crippen LogP contribution in [0.25, 0.3) is 11.7 Å². The Kier molecular flexibility index (Phi) is 6.67. The maximum atomic E-state index is 13.7. The molecule has 35 heavy (non-hydrogen) atoms. The van der Waals surface area contributed by atoms with Gasteiger partial charge >= 0.3 is 0 Å². The van der Waals surface area contributed by atoms with Crippen molar-refractivity contribution in [2.75, 3.05) is 38.1 Å². The molecular formula is C25H24ClN5O2S2. The van der Waals surface area contributed by atoms with Crippen LogP contribution in [0.1, 0.15) is 16.7 Å². The van der Waals surface area contributed by atoms with Crippen molar-refractivity contribution in [2.45, 2.75) is 13.5 Å². The number of thioether (sulfide) groups is 1. The lowest BCUT2D eigenvalue weighted by atomic mass is 10.2. The summed E-state index contributed by atoms with van der Waals surface area (Å²) in [6.45, 7) is 5.45. The van der Waals surface area contributed by atoms with Gasteiger partial charge in [-0.05, 0) is 43.3 Å². The van der Waals surface area contributed by atoms with Crippen molar-refractivity contribution in [3.63, 3.8) is 0 Å². The van der Waals surface area contributed by atoms with Crippen LogP contribution in [0.3, 0.4) is 0 Å². The molecule has 1 amide bonds. The molecule has 0 radical (unpaired) electrons. The Bertz CT molecular complexity index is 1430. The van der Waals surface area contributed by atoms with Gasteiger partial charge in [-0.1, -0.05) is 59.8 Å². The molecule has 2 aromatic heterocycles. The van der Waals surface area contributed by atoms with E-state index in [-0.39, 0.29) is 18.0 Å². The van der Waals surface area contributed by atoms with Gasteiger partial charge in [0.15, 0.2) is 0 Å². The molecule has 180 valence electrons. The van der Waals surface area contributed by atoms with E-state index < -0.39 is 0 Å². The highest BCUT2D eigenvalue weighted by atomic mass is 35.5. The molecule has 1 aromatic carbocycles. The van der Waals surface area contributed by atoms with Crippen LogP contribution >= 0.6 is 35.6 Å². The van der Waals surface area contributed by atoms with Crippen molar-refractivity contribution in [3.05, 3.63) is 79.6 Å². The van der Waals surface area contributed by atoms with Crippen LogP contribution in [0.15, 0.2) is 52.3 Å². The van der Waals surface area contributed by atoms with Crippen LogP contribution < -0.4 is 10.5 Å². The lowest BCUT2D eigenvalue weighted by Crippen LogP contribution is -2.45. The van der Waals surface area contributed by atoms with Gasteiger partial charge in [0, 0.05) is 37.4 Å². The number of halogens is 1. The van der Waals surface area contributed by atoms with Crippen molar-refractivity contribution in [1.82, 2.24) is 19.2 Å². The molecule has 3 aromatic rings. The van der Waals surface area contributed by atoms with Gasteiger partial charge < -0.3 is 9.80 Å². The number of anilines is 1. The fraction of sp³-hybridized carbons (Fsp3) is 0.280. The molecule has 7 nitrogen and oxygen atoms in total. The Morgan fingerprint density at radius 1 is 1.11 bits per heavy atom. The predicted octanol–water partition coefficient (Wildman–Crippen LogP) is 3.81. The van der Waals surface area contributed by atoms with Crippen LogP contribution in [-0.2, 0) is 11.3 Å². The first kappa shape index (κ1) is 24.0. The number of fused-ring (bicyclic) bond motifs is 1. The number of thiocarbonyl (C=S) groups is 1. The topological polar surface area (TPSA) is 61.2 Å². The van der Waals surface area contributed by atoms with Crippen molar-refractivity contribution < 1.29 is 4.79 Å². The summed E-state index contributed by atoms with van der Waals surface area (Å²) in [7, 11) is 2.08. The second-order valence-corrected chi connectivity index (χ2v) is 10.8. The van der Waals surface area contributed by atoms with E-state index in [1.165, 1.54) is 16.7 Å². The van der Waals surface area contributed by atoms with Crippen LogP contribution in [0.2, 0.25) is 5.02 Å². The third kappa shape index (κ3) is 4.73. The van der Waals surface area contributed by atoms with Gasteiger partial charge in [-0.15, -0.1) is 0 Å². The molecule has 2 fully saturated rings. The summed E-state index contributed by atoms with van der Waals surface area (Å²) in [6.07, 6.45) is 3.43. The van der Waals surface area contributed by atoms with Crippen molar-refractivity contribution >= 4 is 63.3 Å². The van der Waals surface area contributed by atoms with E-state index in [0.29, 0.717) is 31.3 Å². The molecular weight excluding hydrogens is 502 g/mol. The minimum atomic E-state index is -0.238. The molecule has 0 N–H and O–H groups in total. The van der Waals surface area contributed by atoms with Crippen molar-refractivity contribution in [3.8, 4) is 0 Å². The smallest absolute Gasteiger partial charge is 0.267 e. The van der Waals surface area contributed by atoms with Crippen molar-refractivity contribution in [2.24, 2.45) is 0 Å². The second-order valence-electron chi connectivity index (χ2n) is 8.74. The summed E-state index contributed by atoms with van der Waals surface area (Å²) in [5, 5.41) is 0.579. The monoisotopic (exact) mass is 525 g/mol. The number of aromatic nitrogens is 2. The Morgan fingerprint density at radius 3 is 2.60 bits per heavy atom. The summed E-state index contributed by atoms with van der Waals surface area (Å²) in [4.78, 5) is 38.2. The minimum absolute atomic E-state index is 0.205. The standard InChI is InChI=1S/C25H24ClN5O2S2/c1-16-7-8-21-27-22(29-11-9-28(2)10-12-29)18(23(32)30(21)14-16)13-20-24(33)31(25(34)35-20)15-17-5-3-4-6-19(17)26/h3-8,13-14H,9-12,15H2,1-2H3/b20-13-. The summed E-state index contributed by atoms with van der Waals surface area (Å²) < 4.78 is 1.98. The average Bonchev–Trinajstić information content (AvgIpc) is 3.10. The number of hydrogen-bond donors (Lipinski definition) is 0. The molecule has 10 heteroatoms. The molecule has 0 atom stereocenters. The maximum absolute atomic E-state index is 13.7. The lowest BCUT2D eigenvalue weighted by Gasteiger charge is -2.34. The Labute approximate surface area is 218 Å². The van der Waals surface area contributed by atoms with Gasteiger partial charge in [-0.2, -0.15) is 0 Å². The number of rotatable bonds is 4. The number of likely N-dealkylation sites (N-methyl/N-ethyl adjacent to an activating group) is 1. The van der Waals surface area contributed by atoms with E-state index in [4.69, 9.17) is 28.8 Å². The summed E-state index contributed by atoms with van der Waals surface area (Å²) in [5.74, 6) is 0.362. The third-order valence-corrected chi connectivity index (χ3v) is 7.97. The molecule has 4 heterocycles.